The monoisotopic (exact) mass is 222 g/mol. The smallest absolute Gasteiger partial charge is 0.338 e. The highest BCUT2D eigenvalue weighted by molar-refractivity contribution is 6.29. The highest BCUT2D eigenvalue weighted by atomic mass is 35.5. The zero-order valence-electron chi connectivity index (χ0n) is 6.52. The zero-order valence-corrected chi connectivity index (χ0v) is 7.27. The molecule has 0 saturated heterocycles. The third kappa shape index (κ3) is 3.31. The summed E-state index contributed by atoms with van der Waals surface area (Å²) in [5.41, 5.74) is -0.468. The third-order valence-corrected chi connectivity index (χ3v) is 1.34. The number of carbonyl (C=O) groups is 1. The molecule has 2 N–H and O–H groups in total. The number of nitrogens with zero attached hydrogens (tertiary/aromatic N) is 2. The molecule has 0 radical (unpaired) electrons. The molecule has 0 atom stereocenters. The molecule has 0 bridgehead atoms. The molecule has 6 nitrogen and oxygen atoms in total. The summed E-state index contributed by atoms with van der Waals surface area (Å²) in [6, 6.07) is 1.05. The van der Waals surface area contributed by atoms with E-state index in [0.717, 1.165) is 12.3 Å². The van der Waals surface area contributed by atoms with Crippen LogP contribution in [0.2, 0.25) is 5.15 Å². The molecule has 0 aliphatic carbocycles. The van der Waals surface area contributed by atoms with Gasteiger partial charge in [-0.05, 0) is 6.07 Å². The van der Waals surface area contributed by atoms with Crippen molar-refractivity contribution in [3.8, 4) is 0 Å². The van der Waals surface area contributed by atoms with E-state index < -0.39 is 22.5 Å². The van der Waals surface area contributed by atoms with Gasteiger partial charge in [-0.1, -0.05) is 11.6 Å². The lowest BCUT2D eigenvalue weighted by Gasteiger charge is -1.96. The minimum absolute atomic E-state index is 0.426. The lowest BCUT2D eigenvalue weighted by atomic mass is 10.3. The van der Waals surface area contributed by atoms with E-state index in [0.29, 0.717) is 0 Å². The first-order valence-corrected chi connectivity index (χ1v) is 3.42. The number of hydrogen-bond acceptors (Lipinski definition) is 4. The van der Waals surface area contributed by atoms with E-state index in [4.69, 9.17) is 26.8 Å². The van der Waals surface area contributed by atoms with Crippen LogP contribution < -0.4 is 0 Å². The summed E-state index contributed by atoms with van der Waals surface area (Å²) in [6.07, 6.45) is 1.13. The van der Waals surface area contributed by atoms with Crippen molar-refractivity contribution < 1.29 is 19.5 Å². The van der Waals surface area contributed by atoms with E-state index in [9.17, 15) is 9.18 Å². The average Bonchev–Trinajstić information content (AvgIpc) is 2.10. The summed E-state index contributed by atoms with van der Waals surface area (Å²) in [6.45, 7) is 0. The van der Waals surface area contributed by atoms with Gasteiger partial charge in [0.2, 0.25) is 0 Å². The quantitative estimate of drug-likeness (QED) is 0.428. The minimum atomic E-state index is -1.35. The Hall–Kier alpha value is -1.76. The van der Waals surface area contributed by atoms with Crippen molar-refractivity contribution in [2.75, 3.05) is 0 Å². The molecule has 0 unspecified atom stereocenters. The van der Waals surface area contributed by atoms with Crippen molar-refractivity contribution in [1.82, 2.24) is 4.98 Å². The van der Waals surface area contributed by atoms with Gasteiger partial charge >= 0.3 is 5.97 Å². The molecule has 1 aromatic rings. The Morgan fingerprint density at radius 2 is 2.14 bits per heavy atom. The standard InChI is InChI=1S/C6H3ClFNO2.HNO2/c7-5-4(8)3(6(10)11)1-2-9-5;2-1-3/h1-2H,(H,10,11);(H,2,3). The van der Waals surface area contributed by atoms with Crippen molar-refractivity contribution in [2.45, 2.75) is 0 Å². The second kappa shape index (κ2) is 5.81. The van der Waals surface area contributed by atoms with Gasteiger partial charge in [-0.3, -0.25) is 0 Å². The molecule has 0 aliphatic heterocycles. The van der Waals surface area contributed by atoms with Crippen LogP contribution in [0.3, 0.4) is 0 Å². The van der Waals surface area contributed by atoms with Crippen LogP contribution >= 0.6 is 11.6 Å². The lowest BCUT2D eigenvalue weighted by Crippen LogP contribution is -2.01. The summed E-state index contributed by atoms with van der Waals surface area (Å²) in [5, 5.41) is 15.8. The Bertz CT molecular complexity index is 347. The second-order valence-corrected chi connectivity index (χ2v) is 2.21. The highest BCUT2D eigenvalue weighted by Crippen LogP contribution is 2.14. The Balaban J connectivity index is 0.000000500. The molecule has 0 amide bonds. The molecule has 76 valence electrons. The third-order valence-electron chi connectivity index (χ3n) is 1.08. The normalized spacial score (nSPS) is 8.43. The number of hydrogen-bond donors (Lipinski definition) is 2. The van der Waals surface area contributed by atoms with Gasteiger partial charge in [0.1, 0.15) is 0 Å². The van der Waals surface area contributed by atoms with Crippen molar-refractivity contribution >= 4 is 17.6 Å². The molecule has 0 aliphatic rings. The molecular formula is C6H4ClFN2O4. The molecule has 0 spiro atoms. The second-order valence-electron chi connectivity index (χ2n) is 1.85. The van der Waals surface area contributed by atoms with E-state index in [2.05, 4.69) is 4.98 Å². The fourth-order valence-corrected chi connectivity index (χ4v) is 0.742. The van der Waals surface area contributed by atoms with Gasteiger partial charge in [0.05, 0.1) is 5.56 Å². The molecule has 0 fully saturated rings. The van der Waals surface area contributed by atoms with Crippen LogP contribution in [0.15, 0.2) is 17.6 Å². The number of pyridine rings is 1. The number of halogens is 2. The fraction of sp³-hybridized carbons (Fsp3) is 0. The van der Waals surface area contributed by atoms with Crippen LogP contribution in [0.4, 0.5) is 4.39 Å². The van der Waals surface area contributed by atoms with Crippen LogP contribution in [0.1, 0.15) is 10.4 Å². The van der Waals surface area contributed by atoms with Gasteiger partial charge in [-0.15, -0.1) is 4.91 Å². The van der Waals surface area contributed by atoms with Gasteiger partial charge < -0.3 is 10.3 Å². The van der Waals surface area contributed by atoms with Crippen molar-refractivity contribution in [1.29, 1.82) is 0 Å². The van der Waals surface area contributed by atoms with E-state index in [1.807, 2.05) is 0 Å². The van der Waals surface area contributed by atoms with E-state index >= 15 is 0 Å². The topological polar surface area (TPSA) is 99.8 Å². The molecule has 0 saturated carbocycles. The van der Waals surface area contributed by atoms with E-state index in [1.165, 1.54) is 5.34 Å². The van der Waals surface area contributed by atoms with Crippen molar-refractivity contribution in [3.63, 3.8) is 0 Å². The summed E-state index contributed by atoms with van der Waals surface area (Å²) in [7, 11) is 0. The number of carboxylic acids is 1. The first-order chi connectivity index (χ1) is 6.54. The Labute approximate surface area is 81.9 Å². The van der Waals surface area contributed by atoms with Crippen LogP contribution in [0, 0.1) is 10.7 Å². The van der Waals surface area contributed by atoms with Gasteiger partial charge in [0, 0.05) is 6.20 Å². The van der Waals surface area contributed by atoms with Gasteiger partial charge in [0.25, 0.3) is 0 Å². The molecule has 1 rings (SSSR count). The SMILES string of the molecule is O=C(O)c1ccnc(Cl)c1F.O=NO. The molecule has 1 aromatic heterocycles. The van der Waals surface area contributed by atoms with Crippen molar-refractivity contribution in [3.05, 3.63) is 33.7 Å². The fourth-order valence-electron chi connectivity index (χ4n) is 0.583. The predicted molar refractivity (Wildman–Crippen MR) is 43.7 cm³/mol. The predicted octanol–water partition coefficient (Wildman–Crippen LogP) is 1.71. The number of rotatable bonds is 1. The van der Waals surface area contributed by atoms with Crippen molar-refractivity contribution in [2.24, 2.45) is 5.34 Å². The van der Waals surface area contributed by atoms with Gasteiger partial charge in [-0.2, -0.15) is 0 Å². The number of aromatic nitrogens is 1. The van der Waals surface area contributed by atoms with Crippen LogP contribution in [-0.2, 0) is 0 Å². The van der Waals surface area contributed by atoms with E-state index in [1.54, 1.807) is 0 Å². The summed E-state index contributed by atoms with van der Waals surface area (Å²) >= 11 is 5.21. The van der Waals surface area contributed by atoms with E-state index in [-0.39, 0.29) is 0 Å². The molecule has 14 heavy (non-hydrogen) atoms. The first-order valence-electron chi connectivity index (χ1n) is 3.04. The minimum Gasteiger partial charge on any atom is -0.478 e. The summed E-state index contributed by atoms with van der Waals surface area (Å²) in [4.78, 5) is 21.7. The van der Waals surface area contributed by atoms with Crippen LogP contribution in [0.5, 0.6) is 0 Å². The summed E-state index contributed by atoms with van der Waals surface area (Å²) < 4.78 is 12.7. The molecule has 1 heterocycles. The average molecular weight is 223 g/mol. The Kier molecular flexibility index (Phi) is 5.08. The van der Waals surface area contributed by atoms with Gasteiger partial charge in [-0.25, -0.2) is 14.2 Å². The van der Waals surface area contributed by atoms with Crippen LogP contribution in [-0.4, -0.2) is 21.3 Å². The maximum absolute atomic E-state index is 12.7. The molecular weight excluding hydrogens is 219 g/mol. The Morgan fingerprint density at radius 3 is 2.50 bits per heavy atom. The lowest BCUT2D eigenvalue weighted by molar-refractivity contribution is 0.0691. The highest BCUT2D eigenvalue weighted by Gasteiger charge is 2.12. The number of carboxylic acid groups (broad SMARTS) is 1. The maximum atomic E-state index is 12.7. The first kappa shape index (κ1) is 12.2. The van der Waals surface area contributed by atoms with Gasteiger partial charge in [0.15, 0.2) is 16.3 Å². The summed E-state index contributed by atoms with van der Waals surface area (Å²) in [5.74, 6) is -2.35. The maximum Gasteiger partial charge on any atom is 0.338 e. The molecule has 8 heteroatoms. The number of aromatic carboxylic acids is 1. The molecule has 0 aromatic carbocycles. The zero-order chi connectivity index (χ0) is 11.1. The van der Waals surface area contributed by atoms with Crippen LogP contribution in [0.25, 0.3) is 0 Å². The Morgan fingerprint density at radius 1 is 1.64 bits per heavy atom. The largest absolute Gasteiger partial charge is 0.478 e.